The van der Waals surface area contributed by atoms with Gasteiger partial charge in [-0.05, 0) is 42.3 Å². The molecule has 0 saturated heterocycles. The van der Waals surface area contributed by atoms with E-state index in [0.717, 1.165) is 29.1 Å². The van der Waals surface area contributed by atoms with E-state index in [0.29, 0.717) is 21.6 Å². The Morgan fingerprint density at radius 1 is 1.00 bits per heavy atom. The van der Waals surface area contributed by atoms with Gasteiger partial charge in [-0.2, -0.15) is 18.3 Å². The number of rotatable bonds is 6. The van der Waals surface area contributed by atoms with Gasteiger partial charge >= 0.3 is 6.18 Å². The Morgan fingerprint density at radius 2 is 1.78 bits per heavy atom. The monoisotopic (exact) mass is 495 g/mol. The van der Waals surface area contributed by atoms with Crippen LogP contribution in [0.15, 0.2) is 61.4 Å². The van der Waals surface area contributed by atoms with Crippen LogP contribution in [-0.4, -0.2) is 49.8 Å². The van der Waals surface area contributed by atoms with Crippen molar-refractivity contribution in [3.8, 4) is 22.4 Å². The third-order valence-corrected chi connectivity index (χ3v) is 5.20. The van der Waals surface area contributed by atoms with Gasteiger partial charge in [0.15, 0.2) is 0 Å². The highest BCUT2D eigenvalue weighted by atomic mass is 19.4. The van der Waals surface area contributed by atoms with Crippen molar-refractivity contribution in [3.05, 3.63) is 78.3 Å². The van der Waals surface area contributed by atoms with Crippen molar-refractivity contribution in [2.75, 3.05) is 12.4 Å². The smallest absolute Gasteiger partial charge is 0.354 e. The van der Waals surface area contributed by atoms with Crippen LogP contribution in [-0.2, 0) is 6.54 Å². The highest BCUT2D eigenvalue weighted by molar-refractivity contribution is 6.04. The molecule has 12 heteroatoms. The third kappa shape index (κ3) is 5.71. The van der Waals surface area contributed by atoms with Crippen LogP contribution in [0.25, 0.3) is 22.4 Å². The summed E-state index contributed by atoms with van der Waals surface area (Å²) in [6.07, 6.45) is 2.24. The molecule has 0 atom stereocenters. The second kappa shape index (κ2) is 9.94. The van der Waals surface area contributed by atoms with Gasteiger partial charge in [0.05, 0.1) is 17.5 Å². The lowest BCUT2D eigenvalue weighted by molar-refractivity contribution is -0.142. The van der Waals surface area contributed by atoms with Gasteiger partial charge in [0, 0.05) is 42.5 Å². The number of alkyl halides is 3. The molecule has 184 valence electrons. The van der Waals surface area contributed by atoms with Gasteiger partial charge in [0.1, 0.15) is 18.6 Å². The molecule has 2 N–H and O–H groups in total. The topological polar surface area (TPSA) is 115 Å². The van der Waals surface area contributed by atoms with Gasteiger partial charge in [-0.15, -0.1) is 0 Å². The molecule has 9 nitrogen and oxygen atoms in total. The average Bonchev–Trinajstić information content (AvgIpc) is 3.32. The second-order valence-electron chi connectivity index (χ2n) is 7.86. The fourth-order valence-corrected chi connectivity index (χ4v) is 3.46. The van der Waals surface area contributed by atoms with E-state index in [9.17, 15) is 22.8 Å². The van der Waals surface area contributed by atoms with Crippen molar-refractivity contribution in [1.29, 1.82) is 0 Å². The van der Waals surface area contributed by atoms with E-state index >= 15 is 0 Å². The minimum absolute atomic E-state index is 0.000667. The fourth-order valence-electron chi connectivity index (χ4n) is 3.46. The quantitative estimate of drug-likeness (QED) is 0.420. The predicted molar refractivity (Wildman–Crippen MR) is 125 cm³/mol. The molecule has 0 bridgehead atoms. The number of carbonyl (C=O) groups excluding carboxylic acids is 2. The van der Waals surface area contributed by atoms with Crippen molar-refractivity contribution in [2.24, 2.45) is 0 Å². The number of halogens is 3. The van der Waals surface area contributed by atoms with Crippen LogP contribution >= 0.6 is 0 Å². The first-order chi connectivity index (χ1) is 17.1. The van der Waals surface area contributed by atoms with Gasteiger partial charge in [0.2, 0.25) is 0 Å². The van der Waals surface area contributed by atoms with E-state index in [1.807, 2.05) is 13.0 Å². The molecular formula is C24H20F3N7O2. The molecule has 4 aromatic rings. The summed E-state index contributed by atoms with van der Waals surface area (Å²) in [5.41, 5.74) is 4.24. The van der Waals surface area contributed by atoms with Crippen molar-refractivity contribution >= 4 is 17.5 Å². The third-order valence-electron chi connectivity index (χ3n) is 5.20. The molecule has 0 aliphatic carbocycles. The minimum atomic E-state index is -4.44. The molecule has 0 radical (unpaired) electrons. The molecule has 3 aromatic heterocycles. The molecule has 4 rings (SSSR count). The fraction of sp³-hybridized carbons (Fsp3) is 0.167. The maximum absolute atomic E-state index is 12.6. The first kappa shape index (κ1) is 24.5. The molecule has 2 amide bonds. The van der Waals surface area contributed by atoms with Crippen LogP contribution in [0.2, 0.25) is 0 Å². The van der Waals surface area contributed by atoms with Crippen LogP contribution in [0, 0.1) is 6.92 Å². The Kier molecular flexibility index (Phi) is 6.77. The lowest BCUT2D eigenvalue weighted by Gasteiger charge is -2.11. The molecule has 0 spiro atoms. The standard InChI is InChI=1S/C24H20F3N7O2/c1-14-3-4-18(33-22(35)17-10-32-34(11-17)12-24(25,26)27)6-19(14)15-5-16(9-29-8-15)20-7-21(23(36)28-2)31-13-30-20/h3-11,13H,12H2,1-2H3,(H,28,36)(H,33,35). The molecule has 0 saturated carbocycles. The number of hydrogen-bond donors (Lipinski definition) is 2. The zero-order valence-electron chi connectivity index (χ0n) is 19.2. The van der Waals surface area contributed by atoms with E-state index in [2.05, 4.69) is 30.7 Å². The summed E-state index contributed by atoms with van der Waals surface area (Å²) in [5.74, 6) is -0.932. The molecule has 0 unspecified atom stereocenters. The van der Waals surface area contributed by atoms with E-state index in [1.54, 1.807) is 36.7 Å². The molecule has 1 aromatic carbocycles. The van der Waals surface area contributed by atoms with Crippen molar-refractivity contribution < 1.29 is 22.8 Å². The number of anilines is 1. The number of benzene rings is 1. The number of amides is 2. The zero-order chi connectivity index (χ0) is 25.9. The first-order valence-electron chi connectivity index (χ1n) is 10.6. The zero-order valence-corrected chi connectivity index (χ0v) is 19.2. The van der Waals surface area contributed by atoms with Crippen LogP contribution in [0.3, 0.4) is 0 Å². The van der Waals surface area contributed by atoms with Crippen LogP contribution < -0.4 is 10.6 Å². The van der Waals surface area contributed by atoms with Crippen LogP contribution in [0.5, 0.6) is 0 Å². The molecule has 0 aliphatic rings. The van der Waals surface area contributed by atoms with Gasteiger partial charge in [0.25, 0.3) is 11.8 Å². The lowest BCUT2D eigenvalue weighted by Crippen LogP contribution is -2.19. The Balaban J connectivity index is 1.58. The SMILES string of the molecule is CNC(=O)c1cc(-c2cncc(-c3cc(NC(=O)c4cnn(CC(F)(F)F)c4)ccc3C)c2)ncn1. The normalized spacial score (nSPS) is 11.2. The average molecular weight is 495 g/mol. The number of nitrogens with zero attached hydrogens (tertiary/aromatic N) is 5. The number of pyridine rings is 1. The van der Waals surface area contributed by atoms with Gasteiger partial charge in [-0.25, -0.2) is 9.97 Å². The minimum Gasteiger partial charge on any atom is -0.354 e. The van der Waals surface area contributed by atoms with Gasteiger partial charge in [-0.1, -0.05) is 6.07 Å². The van der Waals surface area contributed by atoms with Crippen molar-refractivity contribution in [3.63, 3.8) is 0 Å². The molecule has 0 aliphatic heterocycles. The summed E-state index contributed by atoms with van der Waals surface area (Å²) >= 11 is 0. The summed E-state index contributed by atoms with van der Waals surface area (Å²) in [7, 11) is 1.51. The first-order valence-corrected chi connectivity index (χ1v) is 10.6. The largest absolute Gasteiger partial charge is 0.408 e. The number of nitrogens with one attached hydrogen (secondary N) is 2. The summed E-state index contributed by atoms with van der Waals surface area (Å²) in [5, 5.41) is 8.80. The van der Waals surface area contributed by atoms with E-state index in [1.165, 1.54) is 13.4 Å². The molecule has 0 fully saturated rings. The molecule has 3 heterocycles. The summed E-state index contributed by atoms with van der Waals surface area (Å²) in [6, 6.07) is 8.64. The summed E-state index contributed by atoms with van der Waals surface area (Å²) in [6.45, 7) is 0.610. The highest BCUT2D eigenvalue weighted by Gasteiger charge is 2.28. The van der Waals surface area contributed by atoms with Crippen molar-refractivity contribution in [2.45, 2.75) is 19.6 Å². The summed E-state index contributed by atoms with van der Waals surface area (Å²) < 4.78 is 38.3. The maximum atomic E-state index is 12.6. The van der Waals surface area contributed by atoms with Crippen LogP contribution in [0.4, 0.5) is 18.9 Å². The Labute approximate surface area is 203 Å². The second-order valence-corrected chi connectivity index (χ2v) is 7.86. The Morgan fingerprint density at radius 3 is 2.53 bits per heavy atom. The predicted octanol–water partition coefficient (Wildman–Crippen LogP) is 3.88. The molecular weight excluding hydrogens is 475 g/mol. The summed E-state index contributed by atoms with van der Waals surface area (Å²) in [4.78, 5) is 37.0. The number of carbonyl (C=O) groups is 2. The van der Waals surface area contributed by atoms with E-state index in [-0.39, 0.29) is 17.2 Å². The van der Waals surface area contributed by atoms with Gasteiger partial charge in [-0.3, -0.25) is 19.3 Å². The Bertz CT molecular complexity index is 1430. The Hall–Kier alpha value is -4.61. The van der Waals surface area contributed by atoms with E-state index in [4.69, 9.17) is 0 Å². The molecule has 36 heavy (non-hydrogen) atoms. The number of aromatic nitrogens is 5. The number of hydrogen-bond acceptors (Lipinski definition) is 6. The highest BCUT2D eigenvalue weighted by Crippen LogP contribution is 2.29. The van der Waals surface area contributed by atoms with Crippen LogP contribution in [0.1, 0.15) is 26.4 Å². The number of aryl methyl sites for hydroxylation is 1. The van der Waals surface area contributed by atoms with Crippen molar-refractivity contribution in [1.82, 2.24) is 30.0 Å². The van der Waals surface area contributed by atoms with E-state index < -0.39 is 18.6 Å². The maximum Gasteiger partial charge on any atom is 0.408 e. The van der Waals surface area contributed by atoms with Gasteiger partial charge < -0.3 is 10.6 Å². The lowest BCUT2D eigenvalue weighted by atomic mass is 9.99.